The van der Waals surface area contributed by atoms with Crippen LogP contribution in [0, 0.1) is 5.41 Å². The van der Waals surface area contributed by atoms with Crippen LogP contribution in [0.5, 0.6) is 0 Å². The fraction of sp³-hybridized carbons (Fsp3) is 0.923. The topological polar surface area (TPSA) is 20.3 Å². The van der Waals surface area contributed by atoms with Crippen LogP contribution in [0.25, 0.3) is 0 Å². The normalized spacial score (nSPS) is 16.7. The number of carbonyl (C=O) groups excluding carboxylic acids is 1. The largest absolute Gasteiger partial charge is 0.342 e. The van der Waals surface area contributed by atoms with E-state index in [-0.39, 0.29) is 5.41 Å². The molecular weight excluding hydrogens is 186 g/mol. The second-order valence-electron chi connectivity index (χ2n) is 4.59. The minimum absolute atomic E-state index is 0.155. The second kappa shape index (κ2) is 6.86. The Bertz CT molecular complexity index is 181. The molecule has 2 heteroatoms. The zero-order valence-electron chi connectivity index (χ0n) is 11.1. The SMILES string of the molecule is CC.CCC(C)(C)C(=O)N1CCCCC1. The van der Waals surface area contributed by atoms with Gasteiger partial charge in [-0.1, -0.05) is 34.6 Å². The van der Waals surface area contributed by atoms with Gasteiger partial charge in [0.05, 0.1) is 0 Å². The highest BCUT2D eigenvalue weighted by molar-refractivity contribution is 5.81. The van der Waals surface area contributed by atoms with Crippen molar-refractivity contribution in [3.63, 3.8) is 0 Å². The summed E-state index contributed by atoms with van der Waals surface area (Å²) in [5.41, 5.74) is -0.155. The average Bonchev–Trinajstić information content (AvgIpc) is 2.32. The molecule has 1 aliphatic heterocycles. The van der Waals surface area contributed by atoms with Crippen LogP contribution in [0.1, 0.15) is 60.3 Å². The number of nitrogens with zero attached hydrogens (tertiary/aromatic N) is 1. The van der Waals surface area contributed by atoms with Gasteiger partial charge >= 0.3 is 0 Å². The fourth-order valence-electron chi connectivity index (χ4n) is 1.68. The number of rotatable bonds is 2. The fourth-order valence-corrected chi connectivity index (χ4v) is 1.68. The molecule has 0 spiro atoms. The van der Waals surface area contributed by atoms with E-state index in [9.17, 15) is 4.79 Å². The van der Waals surface area contributed by atoms with Crippen molar-refractivity contribution < 1.29 is 4.79 Å². The molecule has 0 saturated carbocycles. The van der Waals surface area contributed by atoms with Crippen LogP contribution in [0.3, 0.4) is 0 Å². The van der Waals surface area contributed by atoms with Crippen molar-refractivity contribution in [1.82, 2.24) is 4.90 Å². The smallest absolute Gasteiger partial charge is 0.228 e. The van der Waals surface area contributed by atoms with Crippen LogP contribution < -0.4 is 0 Å². The zero-order valence-corrected chi connectivity index (χ0v) is 11.1. The maximum Gasteiger partial charge on any atom is 0.228 e. The maximum atomic E-state index is 12.0. The van der Waals surface area contributed by atoms with Gasteiger partial charge in [0.15, 0.2) is 0 Å². The van der Waals surface area contributed by atoms with Gasteiger partial charge in [-0.15, -0.1) is 0 Å². The molecule has 90 valence electrons. The summed E-state index contributed by atoms with van der Waals surface area (Å²) >= 11 is 0. The minimum atomic E-state index is -0.155. The van der Waals surface area contributed by atoms with E-state index in [2.05, 4.69) is 6.92 Å². The van der Waals surface area contributed by atoms with Gasteiger partial charge in [0.25, 0.3) is 0 Å². The molecule has 1 rings (SSSR count). The Hall–Kier alpha value is -0.530. The molecule has 1 amide bonds. The van der Waals surface area contributed by atoms with E-state index >= 15 is 0 Å². The van der Waals surface area contributed by atoms with Crippen molar-refractivity contribution in [2.45, 2.75) is 60.3 Å². The third kappa shape index (κ3) is 4.23. The summed E-state index contributed by atoms with van der Waals surface area (Å²) in [6, 6.07) is 0. The number of carbonyl (C=O) groups is 1. The van der Waals surface area contributed by atoms with Crippen LogP contribution in [0.15, 0.2) is 0 Å². The Kier molecular flexibility index (Phi) is 6.62. The highest BCUT2D eigenvalue weighted by atomic mass is 16.2. The Labute approximate surface area is 95.0 Å². The molecule has 0 N–H and O–H groups in total. The lowest BCUT2D eigenvalue weighted by molar-refractivity contribution is -0.141. The van der Waals surface area contributed by atoms with Crippen molar-refractivity contribution in [3.05, 3.63) is 0 Å². The molecule has 0 unspecified atom stereocenters. The van der Waals surface area contributed by atoms with Crippen LogP contribution in [0.2, 0.25) is 0 Å². The van der Waals surface area contributed by atoms with Crippen molar-refractivity contribution in [2.75, 3.05) is 13.1 Å². The molecule has 0 aromatic carbocycles. The van der Waals surface area contributed by atoms with Gasteiger partial charge < -0.3 is 4.90 Å². The molecule has 0 bridgehead atoms. The van der Waals surface area contributed by atoms with Crippen LogP contribution in [-0.2, 0) is 4.79 Å². The lowest BCUT2D eigenvalue weighted by Gasteiger charge is -2.33. The summed E-state index contributed by atoms with van der Waals surface area (Å²) in [6.07, 6.45) is 4.59. The van der Waals surface area contributed by atoms with Gasteiger partial charge in [-0.25, -0.2) is 0 Å². The summed E-state index contributed by atoms with van der Waals surface area (Å²) in [5.74, 6) is 0.342. The van der Waals surface area contributed by atoms with Crippen LogP contribution >= 0.6 is 0 Å². The van der Waals surface area contributed by atoms with E-state index in [1.807, 2.05) is 32.6 Å². The lowest BCUT2D eigenvalue weighted by atomic mass is 9.88. The predicted molar refractivity (Wildman–Crippen MR) is 65.9 cm³/mol. The van der Waals surface area contributed by atoms with Gasteiger partial charge in [0, 0.05) is 18.5 Å². The van der Waals surface area contributed by atoms with E-state index in [0.717, 1.165) is 19.5 Å². The van der Waals surface area contributed by atoms with Crippen molar-refractivity contribution >= 4 is 5.91 Å². The molecule has 0 atom stereocenters. The molecule has 0 aromatic rings. The zero-order chi connectivity index (χ0) is 11.9. The number of hydrogen-bond donors (Lipinski definition) is 0. The molecule has 1 aliphatic rings. The van der Waals surface area contributed by atoms with Crippen molar-refractivity contribution in [1.29, 1.82) is 0 Å². The molecule has 1 fully saturated rings. The summed E-state index contributed by atoms with van der Waals surface area (Å²) < 4.78 is 0. The predicted octanol–water partition coefficient (Wildman–Crippen LogP) is 3.46. The van der Waals surface area contributed by atoms with Crippen LogP contribution in [-0.4, -0.2) is 23.9 Å². The van der Waals surface area contributed by atoms with Gasteiger partial charge in [0.1, 0.15) is 0 Å². The quantitative estimate of drug-likeness (QED) is 0.688. The van der Waals surface area contributed by atoms with Crippen molar-refractivity contribution in [3.8, 4) is 0 Å². The molecular formula is C13H27NO. The van der Waals surface area contributed by atoms with Crippen molar-refractivity contribution in [2.24, 2.45) is 5.41 Å². The molecule has 2 nitrogen and oxygen atoms in total. The first-order chi connectivity index (χ1) is 7.08. The maximum absolute atomic E-state index is 12.0. The number of hydrogen-bond acceptors (Lipinski definition) is 1. The summed E-state index contributed by atoms with van der Waals surface area (Å²) in [7, 11) is 0. The van der Waals surface area contributed by atoms with E-state index < -0.39 is 0 Å². The Balaban J connectivity index is 0.000000921. The molecule has 0 aliphatic carbocycles. The van der Waals surface area contributed by atoms with E-state index in [1.54, 1.807) is 0 Å². The lowest BCUT2D eigenvalue weighted by Crippen LogP contribution is -2.43. The second-order valence-corrected chi connectivity index (χ2v) is 4.59. The summed E-state index contributed by atoms with van der Waals surface area (Å²) in [6.45, 7) is 12.1. The Morgan fingerprint density at radius 1 is 1.13 bits per heavy atom. The first-order valence-electron chi connectivity index (χ1n) is 6.37. The van der Waals surface area contributed by atoms with E-state index in [4.69, 9.17) is 0 Å². The van der Waals surface area contributed by atoms with Gasteiger partial charge in [-0.05, 0) is 25.7 Å². The third-order valence-corrected chi connectivity index (χ3v) is 3.11. The first-order valence-corrected chi connectivity index (χ1v) is 6.37. The number of amides is 1. The van der Waals surface area contributed by atoms with Gasteiger partial charge in [-0.3, -0.25) is 4.79 Å². The average molecular weight is 213 g/mol. The molecule has 1 heterocycles. The number of likely N-dealkylation sites (tertiary alicyclic amines) is 1. The van der Waals surface area contributed by atoms with E-state index in [0.29, 0.717) is 5.91 Å². The highest BCUT2D eigenvalue weighted by Crippen LogP contribution is 2.24. The Morgan fingerprint density at radius 2 is 1.60 bits per heavy atom. The van der Waals surface area contributed by atoms with E-state index in [1.165, 1.54) is 19.3 Å². The molecule has 0 aromatic heterocycles. The monoisotopic (exact) mass is 213 g/mol. The third-order valence-electron chi connectivity index (χ3n) is 3.11. The Morgan fingerprint density at radius 3 is 2.00 bits per heavy atom. The van der Waals surface area contributed by atoms with Gasteiger partial charge in [-0.2, -0.15) is 0 Å². The summed E-state index contributed by atoms with van der Waals surface area (Å²) in [4.78, 5) is 14.0. The molecule has 0 radical (unpaired) electrons. The van der Waals surface area contributed by atoms with Crippen LogP contribution in [0.4, 0.5) is 0 Å². The summed E-state index contributed by atoms with van der Waals surface area (Å²) in [5, 5.41) is 0. The highest BCUT2D eigenvalue weighted by Gasteiger charge is 2.30. The standard InChI is InChI=1S/C11H21NO.C2H6/c1-4-11(2,3)10(13)12-8-6-5-7-9-12;1-2/h4-9H2,1-3H3;1-2H3. The first kappa shape index (κ1) is 14.5. The van der Waals surface area contributed by atoms with Gasteiger partial charge in [0.2, 0.25) is 5.91 Å². The molecule has 15 heavy (non-hydrogen) atoms. The minimum Gasteiger partial charge on any atom is -0.342 e. The molecule has 1 saturated heterocycles. The number of piperidine rings is 1.